The van der Waals surface area contributed by atoms with Crippen molar-refractivity contribution in [2.24, 2.45) is 15.7 Å². The van der Waals surface area contributed by atoms with Gasteiger partial charge < -0.3 is 5.73 Å². The van der Waals surface area contributed by atoms with E-state index in [4.69, 9.17) is 15.7 Å². The van der Waals surface area contributed by atoms with Crippen LogP contribution in [0.5, 0.6) is 0 Å². The fourth-order valence-electron chi connectivity index (χ4n) is 4.05. The second-order valence-electron chi connectivity index (χ2n) is 7.75. The van der Waals surface area contributed by atoms with Gasteiger partial charge in [0.2, 0.25) is 0 Å². The standard InChI is InChI=1S/C29H22BrN3/c30-27-25-18-10-9-16-23(25)22-15-7-8-17-24(22)26(27)19-32-29(21-13-5-2-6-14-21)33-28(31)20-11-3-1-4-12-20/h1-18H,19H2,(H2,31,32,33). The summed E-state index contributed by atoms with van der Waals surface area (Å²) in [5.41, 5.74) is 9.29. The van der Waals surface area contributed by atoms with E-state index in [1.54, 1.807) is 0 Å². The van der Waals surface area contributed by atoms with Crippen LogP contribution >= 0.6 is 15.9 Å². The molecule has 0 spiro atoms. The minimum atomic E-state index is 0.445. The van der Waals surface area contributed by atoms with Gasteiger partial charge in [-0.25, -0.2) is 4.99 Å². The summed E-state index contributed by atoms with van der Waals surface area (Å²) in [6, 6.07) is 36.7. The molecule has 0 fully saturated rings. The van der Waals surface area contributed by atoms with Crippen molar-refractivity contribution < 1.29 is 0 Å². The molecule has 0 aliphatic carbocycles. The number of rotatable bonds is 4. The zero-order valence-electron chi connectivity index (χ0n) is 17.9. The van der Waals surface area contributed by atoms with E-state index in [0.29, 0.717) is 18.2 Å². The molecule has 0 unspecified atom stereocenters. The normalized spacial score (nSPS) is 12.4. The molecule has 4 heteroatoms. The molecule has 0 aliphatic heterocycles. The molecule has 0 bridgehead atoms. The highest BCUT2D eigenvalue weighted by molar-refractivity contribution is 9.10. The molecule has 0 atom stereocenters. The van der Waals surface area contributed by atoms with Gasteiger partial charge in [-0.15, -0.1) is 0 Å². The number of benzene rings is 5. The number of amidine groups is 2. The van der Waals surface area contributed by atoms with Crippen molar-refractivity contribution in [3.05, 3.63) is 130 Å². The van der Waals surface area contributed by atoms with Crippen LogP contribution in [0.25, 0.3) is 21.5 Å². The molecule has 5 aromatic carbocycles. The second-order valence-corrected chi connectivity index (χ2v) is 8.55. The zero-order valence-corrected chi connectivity index (χ0v) is 19.5. The van der Waals surface area contributed by atoms with E-state index in [1.165, 1.54) is 21.5 Å². The number of hydrogen-bond donors (Lipinski definition) is 1. The van der Waals surface area contributed by atoms with Crippen molar-refractivity contribution in [1.29, 1.82) is 0 Å². The van der Waals surface area contributed by atoms with Crippen molar-refractivity contribution in [2.75, 3.05) is 0 Å². The van der Waals surface area contributed by atoms with E-state index in [2.05, 4.69) is 64.5 Å². The first kappa shape index (κ1) is 21.1. The summed E-state index contributed by atoms with van der Waals surface area (Å²) in [7, 11) is 0. The van der Waals surface area contributed by atoms with Gasteiger partial charge in [0.15, 0.2) is 5.84 Å². The largest absolute Gasteiger partial charge is 0.383 e. The number of hydrogen-bond acceptors (Lipinski definition) is 1. The molecule has 2 N–H and O–H groups in total. The van der Waals surface area contributed by atoms with Crippen molar-refractivity contribution in [3.63, 3.8) is 0 Å². The van der Waals surface area contributed by atoms with Gasteiger partial charge in [0, 0.05) is 15.6 Å². The molecule has 0 saturated carbocycles. The Labute approximate surface area is 201 Å². The molecule has 5 aromatic rings. The van der Waals surface area contributed by atoms with Crippen LogP contribution in [0.15, 0.2) is 124 Å². The zero-order chi connectivity index (χ0) is 22.6. The maximum atomic E-state index is 6.36. The molecule has 0 aromatic heterocycles. The predicted molar refractivity (Wildman–Crippen MR) is 143 cm³/mol. The summed E-state index contributed by atoms with van der Waals surface area (Å²) >= 11 is 3.87. The van der Waals surface area contributed by atoms with Crippen LogP contribution in [0.1, 0.15) is 16.7 Å². The minimum absolute atomic E-state index is 0.445. The third kappa shape index (κ3) is 4.30. The molecule has 5 rings (SSSR count). The van der Waals surface area contributed by atoms with Crippen molar-refractivity contribution >= 4 is 49.1 Å². The van der Waals surface area contributed by atoms with Crippen LogP contribution in [0.2, 0.25) is 0 Å². The van der Waals surface area contributed by atoms with E-state index < -0.39 is 0 Å². The number of nitrogens with zero attached hydrogens (tertiary/aromatic N) is 2. The third-order valence-electron chi connectivity index (χ3n) is 5.69. The molecule has 160 valence electrons. The van der Waals surface area contributed by atoms with Crippen LogP contribution in [0.3, 0.4) is 0 Å². The third-order valence-corrected chi connectivity index (χ3v) is 6.59. The fourth-order valence-corrected chi connectivity index (χ4v) is 4.73. The molecule has 0 saturated heterocycles. The summed E-state index contributed by atoms with van der Waals surface area (Å²) in [5, 5.41) is 4.80. The quantitative estimate of drug-likeness (QED) is 0.162. The van der Waals surface area contributed by atoms with E-state index in [-0.39, 0.29) is 0 Å². The lowest BCUT2D eigenvalue weighted by molar-refractivity contribution is 1.07. The van der Waals surface area contributed by atoms with Gasteiger partial charge >= 0.3 is 0 Å². The summed E-state index contributed by atoms with van der Waals surface area (Å²) in [6.07, 6.45) is 0. The van der Waals surface area contributed by atoms with E-state index in [1.807, 2.05) is 60.7 Å². The van der Waals surface area contributed by atoms with Crippen LogP contribution < -0.4 is 5.73 Å². The summed E-state index contributed by atoms with van der Waals surface area (Å²) in [6.45, 7) is 0.474. The SMILES string of the molecule is NC(=NC(=NCc1c(Br)c2ccccc2c2ccccc12)c1ccccc1)c1ccccc1. The Hall–Kier alpha value is -3.76. The lowest BCUT2D eigenvalue weighted by atomic mass is 9.97. The average Bonchev–Trinajstić information content (AvgIpc) is 2.89. The van der Waals surface area contributed by atoms with Gasteiger partial charge in [-0.3, -0.25) is 4.99 Å². The Balaban J connectivity index is 1.65. The first-order chi connectivity index (χ1) is 16.2. The molecule has 0 radical (unpaired) electrons. The minimum Gasteiger partial charge on any atom is -0.383 e. The van der Waals surface area contributed by atoms with E-state index >= 15 is 0 Å². The molecule has 0 amide bonds. The van der Waals surface area contributed by atoms with E-state index in [0.717, 1.165) is 21.2 Å². The van der Waals surface area contributed by atoms with Gasteiger partial charge in [-0.1, -0.05) is 109 Å². The topological polar surface area (TPSA) is 50.7 Å². The molecule has 0 heterocycles. The van der Waals surface area contributed by atoms with Gasteiger partial charge in [-0.2, -0.15) is 0 Å². The summed E-state index contributed by atoms with van der Waals surface area (Å²) in [5.74, 6) is 1.06. The highest BCUT2D eigenvalue weighted by atomic mass is 79.9. The van der Waals surface area contributed by atoms with Crippen molar-refractivity contribution in [3.8, 4) is 0 Å². The van der Waals surface area contributed by atoms with Crippen LogP contribution in [-0.2, 0) is 6.54 Å². The monoisotopic (exact) mass is 491 g/mol. The number of halogens is 1. The van der Waals surface area contributed by atoms with Gasteiger partial charge in [0.25, 0.3) is 0 Å². The average molecular weight is 492 g/mol. The smallest absolute Gasteiger partial charge is 0.157 e. The van der Waals surface area contributed by atoms with Gasteiger partial charge in [0.05, 0.1) is 6.54 Å². The summed E-state index contributed by atoms with van der Waals surface area (Å²) in [4.78, 5) is 9.70. The highest BCUT2D eigenvalue weighted by Gasteiger charge is 2.13. The van der Waals surface area contributed by atoms with Gasteiger partial charge in [-0.05, 0) is 43.0 Å². The number of aliphatic imine (C=N–C) groups is 2. The molecular weight excluding hydrogens is 470 g/mol. The Morgan fingerprint density at radius 3 is 1.73 bits per heavy atom. The Morgan fingerprint density at radius 1 is 0.606 bits per heavy atom. The van der Waals surface area contributed by atoms with Crippen LogP contribution in [0.4, 0.5) is 0 Å². The fraction of sp³-hybridized carbons (Fsp3) is 0.0345. The van der Waals surface area contributed by atoms with Gasteiger partial charge in [0.1, 0.15) is 5.84 Å². The predicted octanol–water partition coefficient (Wildman–Crippen LogP) is 7.11. The molecule has 0 aliphatic rings. The Bertz CT molecular complexity index is 1490. The van der Waals surface area contributed by atoms with Crippen LogP contribution in [0, 0.1) is 0 Å². The number of nitrogens with two attached hydrogens (primary N) is 1. The maximum Gasteiger partial charge on any atom is 0.157 e. The second kappa shape index (κ2) is 9.39. The summed E-state index contributed by atoms with van der Waals surface area (Å²) < 4.78 is 1.06. The molecule has 3 nitrogen and oxygen atoms in total. The first-order valence-electron chi connectivity index (χ1n) is 10.8. The first-order valence-corrected chi connectivity index (χ1v) is 11.6. The highest BCUT2D eigenvalue weighted by Crippen LogP contribution is 2.36. The van der Waals surface area contributed by atoms with Crippen molar-refractivity contribution in [2.45, 2.75) is 6.54 Å². The Kier molecular flexibility index (Phi) is 6.01. The lowest BCUT2D eigenvalue weighted by Crippen LogP contribution is -2.16. The maximum absolute atomic E-state index is 6.36. The van der Waals surface area contributed by atoms with Crippen molar-refractivity contribution in [1.82, 2.24) is 0 Å². The molecular formula is C29H22BrN3. The Morgan fingerprint density at radius 2 is 1.09 bits per heavy atom. The number of fused-ring (bicyclic) bond motifs is 3. The molecule has 33 heavy (non-hydrogen) atoms. The van der Waals surface area contributed by atoms with Crippen LogP contribution in [-0.4, -0.2) is 11.7 Å². The lowest BCUT2D eigenvalue weighted by Gasteiger charge is -2.13. The van der Waals surface area contributed by atoms with E-state index in [9.17, 15) is 0 Å².